The Balaban J connectivity index is 1.70. The number of hydrogen-bond donors (Lipinski definition) is 2. The van der Waals surface area contributed by atoms with Gasteiger partial charge >= 0.3 is 0 Å². The van der Waals surface area contributed by atoms with Crippen molar-refractivity contribution in [3.8, 4) is 0 Å². The van der Waals surface area contributed by atoms with Crippen LogP contribution in [-0.2, 0) is 21.9 Å². The first-order chi connectivity index (χ1) is 13.8. The summed E-state index contributed by atoms with van der Waals surface area (Å²) in [6.45, 7) is 5.87. The van der Waals surface area contributed by atoms with Crippen molar-refractivity contribution < 1.29 is 13.2 Å². The van der Waals surface area contributed by atoms with Gasteiger partial charge in [-0.05, 0) is 62.3 Å². The monoisotopic (exact) mass is 418 g/mol. The third kappa shape index (κ3) is 5.26. The maximum atomic E-state index is 12.8. The van der Waals surface area contributed by atoms with Gasteiger partial charge in [0.05, 0.1) is 10.9 Å². The first kappa shape index (κ1) is 21.5. The van der Waals surface area contributed by atoms with E-state index in [1.165, 1.54) is 12.1 Å². The molecule has 0 radical (unpaired) electrons. The summed E-state index contributed by atoms with van der Waals surface area (Å²) in [5.41, 5.74) is 1.68. The Morgan fingerprint density at radius 2 is 1.76 bits per heavy atom. The molecule has 0 spiro atoms. The minimum Gasteiger partial charge on any atom is -0.353 e. The van der Waals surface area contributed by atoms with Gasteiger partial charge in [-0.1, -0.05) is 13.8 Å². The van der Waals surface area contributed by atoms with E-state index < -0.39 is 10.0 Å². The molecule has 1 unspecified atom stereocenters. The number of likely N-dealkylation sites (tertiary alicyclic amines) is 1. The van der Waals surface area contributed by atoms with Crippen LogP contribution in [0.4, 0.5) is 5.69 Å². The van der Waals surface area contributed by atoms with Crippen molar-refractivity contribution in [3.05, 3.63) is 48.3 Å². The first-order valence-corrected chi connectivity index (χ1v) is 11.5. The molecule has 7 nitrogen and oxygen atoms in total. The first-order valence-electron chi connectivity index (χ1n) is 10.0. The van der Waals surface area contributed by atoms with Gasteiger partial charge in [0.1, 0.15) is 0 Å². The number of nitrogens with zero attached hydrogens (tertiary/aromatic N) is 2. The molecule has 1 atom stereocenters. The molecule has 3 rings (SSSR count). The van der Waals surface area contributed by atoms with Crippen LogP contribution in [0.1, 0.15) is 38.4 Å². The molecule has 0 aliphatic carbocycles. The highest BCUT2D eigenvalue weighted by molar-refractivity contribution is 7.89. The lowest BCUT2D eigenvalue weighted by atomic mass is 10.2. The number of rotatable bonds is 8. The zero-order chi connectivity index (χ0) is 21.0. The van der Waals surface area contributed by atoms with Gasteiger partial charge < -0.3 is 9.88 Å². The molecular formula is C21H30N4O3S. The average Bonchev–Trinajstić information content (AvgIpc) is 3.35. The summed E-state index contributed by atoms with van der Waals surface area (Å²) >= 11 is 0. The lowest BCUT2D eigenvalue weighted by Crippen LogP contribution is -2.37. The highest BCUT2D eigenvalue weighted by Gasteiger charge is 2.27. The number of nitrogens with one attached hydrogen (secondary N) is 2. The molecule has 2 N–H and O–H groups in total. The molecule has 29 heavy (non-hydrogen) atoms. The van der Waals surface area contributed by atoms with Crippen LogP contribution in [0.3, 0.4) is 0 Å². The average molecular weight is 419 g/mol. The predicted octanol–water partition coefficient (Wildman–Crippen LogP) is 2.74. The maximum absolute atomic E-state index is 12.8. The summed E-state index contributed by atoms with van der Waals surface area (Å²) in [5.74, 6) is -0.241. The van der Waals surface area contributed by atoms with Crippen LogP contribution < -0.4 is 10.0 Å². The van der Waals surface area contributed by atoms with E-state index in [0.29, 0.717) is 12.2 Å². The van der Waals surface area contributed by atoms with Crippen molar-refractivity contribution >= 4 is 21.6 Å². The number of carbonyl (C=O) groups is 1. The highest BCUT2D eigenvalue weighted by Crippen LogP contribution is 2.25. The Bertz CT molecular complexity index is 929. The Labute approximate surface area is 173 Å². The molecule has 0 saturated carbocycles. The van der Waals surface area contributed by atoms with Gasteiger partial charge in [0.25, 0.3) is 0 Å². The molecule has 0 bridgehead atoms. The van der Waals surface area contributed by atoms with Gasteiger partial charge in [0.2, 0.25) is 15.9 Å². The lowest BCUT2D eigenvalue weighted by molar-refractivity contribution is -0.118. The van der Waals surface area contributed by atoms with Crippen LogP contribution in [0.15, 0.2) is 47.5 Å². The van der Waals surface area contributed by atoms with Gasteiger partial charge in [0.15, 0.2) is 0 Å². The topological polar surface area (TPSA) is 83.4 Å². The molecule has 1 aromatic carbocycles. The van der Waals surface area contributed by atoms with Crippen molar-refractivity contribution in [3.63, 3.8) is 0 Å². The molecule has 1 aromatic heterocycles. The van der Waals surface area contributed by atoms with Crippen LogP contribution in [0.2, 0.25) is 0 Å². The molecule has 158 valence electrons. The SMILES string of the molecule is CC(C)C(=O)Nc1ccc(S(=O)(=O)NCC(c2cccn2C)N2CCCC2)cc1. The minimum atomic E-state index is -3.65. The van der Waals surface area contributed by atoms with E-state index in [4.69, 9.17) is 0 Å². The van der Waals surface area contributed by atoms with Gasteiger partial charge in [-0.15, -0.1) is 0 Å². The summed E-state index contributed by atoms with van der Waals surface area (Å²) in [6, 6.07) is 10.3. The summed E-state index contributed by atoms with van der Waals surface area (Å²) in [4.78, 5) is 14.3. The minimum absolute atomic E-state index is 0.00289. The van der Waals surface area contributed by atoms with Gasteiger partial charge in [-0.25, -0.2) is 13.1 Å². The van der Waals surface area contributed by atoms with Crippen LogP contribution in [0.25, 0.3) is 0 Å². The summed E-state index contributed by atoms with van der Waals surface area (Å²) in [5, 5.41) is 2.77. The van der Waals surface area contributed by atoms with E-state index >= 15 is 0 Å². The maximum Gasteiger partial charge on any atom is 0.240 e. The number of carbonyl (C=O) groups excluding carboxylic acids is 1. The van der Waals surface area contributed by atoms with Gasteiger partial charge in [-0.3, -0.25) is 9.69 Å². The van der Waals surface area contributed by atoms with Crippen LogP contribution in [0.5, 0.6) is 0 Å². The zero-order valence-electron chi connectivity index (χ0n) is 17.3. The van der Waals surface area contributed by atoms with E-state index in [-0.39, 0.29) is 22.8 Å². The van der Waals surface area contributed by atoms with E-state index in [9.17, 15) is 13.2 Å². The molecule has 1 amide bonds. The second-order valence-electron chi connectivity index (χ2n) is 7.82. The van der Waals surface area contributed by atoms with Crippen LogP contribution in [0, 0.1) is 5.92 Å². The van der Waals surface area contributed by atoms with E-state index in [0.717, 1.165) is 31.6 Å². The highest BCUT2D eigenvalue weighted by atomic mass is 32.2. The predicted molar refractivity (Wildman–Crippen MR) is 114 cm³/mol. The molecular weight excluding hydrogens is 388 g/mol. The molecule has 8 heteroatoms. The normalized spacial score (nSPS) is 16.3. The largest absolute Gasteiger partial charge is 0.353 e. The van der Waals surface area contributed by atoms with Crippen LogP contribution >= 0.6 is 0 Å². The van der Waals surface area contributed by atoms with Gasteiger partial charge in [-0.2, -0.15) is 0 Å². The van der Waals surface area contributed by atoms with E-state index in [2.05, 4.69) is 14.9 Å². The molecule has 2 aromatic rings. The third-order valence-electron chi connectivity index (χ3n) is 5.33. The second kappa shape index (κ2) is 9.11. The van der Waals surface area contributed by atoms with E-state index in [1.807, 2.05) is 43.8 Å². The van der Waals surface area contributed by atoms with Crippen LogP contribution in [-0.4, -0.2) is 43.4 Å². The molecule has 2 heterocycles. The molecule has 1 aliphatic rings. The molecule has 1 aliphatic heterocycles. The molecule has 1 saturated heterocycles. The fourth-order valence-corrected chi connectivity index (χ4v) is 4.61. The summed E-state index contributed by atoms with van der Waals surface area (Å²) in [7, 11) is -1.67. The second-order valence-corrected chi connectivity index (χ2v) is 9.59. The third-order valence-corrected chi connectivity index (χ3v) is 6.77. The Morgan fingerprint density at radius 3 is 2.31 bits per heavy atom. The smallest absolute Gasteiger partial charge is 0.240 e. The standard InChI is InChI=1S/C21H30N4O3S/c1-16(2)21(26)23-17-8-10-18(11-9-17)29(27,28)22-15-20(25-13-4-5-14-25)19-7-6-12-24(19)3/h6-12,16,20,22H,4-5,13-15H2,1-3H3,(H,23,26). The molecule has 1 fully saturated rings. The van der Waals surface area contributed by atoms with Crippen molar-refractivity contribution in [2.75, 3.05) is 25.0 Å². The fraction of sp³-hybridized carbons (Fsp3) is 0.476. The Morgan fingerprint density at radius 1 is 1.10 bits per heavy atom. The number of sulfonamides is 1. The lowest BCUT2D eigenvalue weighted by Gasteiger charge is -2.28. The fourth-order valence-electron chi connectivity index (χ4n) is 3.57. The number of anilines is 1. The number of benzene rings is 1. The number of amides is 1. The quantitative estimate of drug-likeness (QED) is 0.690. The number of hydrogen-bond acceptors (Lipinski definition) is 4. The Hall–Kier alpha value is -2.16. The van der Waals surface area contributed by atoms with Crippen molar-refractivity contribution in [2.24, 2.45) is 13.0 Å². The van der Waals surface area contributed by atoms with Crippen molar-refractivity contribution in [2.45, 2.75) is 37.6 Å². The Kier molecular flexibility index (Phi) is 6.77. The van der Waals surface area contributed by atoms with Gasteiger partial charge in [0, 0.05) is 37.1 Å². The zero-order valence-corrected chi connectivity index (χ0v) is 18.1. The van der Waals surface area contributed by atoms with Crippen molar-refractivity contribution in [1.29, 1.82) is 0 Å². The summed E-state index contributed by atoms with van der Waals surface area (Å²) in [6.07, 6.45) is 4.26. The van der Waals surface area contributed by atoms with E-state index in [1.54, 1.807) is 12.1 Å². The number of aryl methyl sites for hydroxylation is 1. The number of aromatic nitrogens is 1. The van der Waals surface area contributed by atoms with Crippen molar-refractivity contribution in [1.82, 2.24) is 14.2 Å². The summed E-state index contributed by atoms with van der Waals surface area (Å²) < 4.78 is 30.5.